The molecule has 0 aliphatic rings. The van der Waals surface area contributed by atoms with Crippen LogP contribution in [0.5, 0.6) is 0 Å². The van der Waals surface area contributed by atoms with Gasteiger partial charge in [0.15, 0.2) is 0 Å². The Morgan fingerprint density at radius 2 is 2.38 bits per heavy atom. The molecule has 0 aromatic carbocycles. The Balaban J connectivity index is 4.71. The van der Waals surface area contributed by atoms with Gasteiger partial charge in [-0.25, -0.2) is 0 Å². The molecule has 1 atom stereocenters. The first-order valence-corrected chi connectivity index (χ1v) is 5.91. The summed E-state index contributed by atoms with van der Waals surface area (Å²) < 4.78 is 0. The number of nitrogens with zero attached hydrogens (tertiary/aromatic N) is 2. The van der Waals surface area contributed by atoms with Crippen LogP contribution in [0.4, 0.5) is 0 Å². The Kier molecular flexibility index (Phi) is 7.02. The summed E-state index contributed by atoms with van der Waals surface area (Å²) in [4.78, 5) is 5.15. The Bertz CT molecular complexity index is 251. The summed E-state index contributed by atoms with van der Waals surface area (Å²) in [6, 6.07) is 2.08. The minimum atomic E-state index is 0.270. The molecular weight excluding hydrogens is 248 g/mol. The molecule has 0 N–H and O–H groups in total. The predicted molar refractivity (Wildman–Crippen MR) is 63.6 cm³/mol. The molecule has 0 aromatic rings. The second-order valence-corrected chi connectivity index (χ2v) is 5.08. The van der Waals surface area contributed by atoms with Gasteiger partial charge in [-0.2, -0.15) is 5.26 Å². The largest absolute Gasteiger partial charge is 0.277 e. The van der Waals surface area contributed by atoms with Crippen LogP contribution in [0, 0.1) is 11.3 Å². The zero-order valence-electron chi connectivity index (χ0n) is 8.04. The Labute approximate surface area is 92.2 Å². The topological polar surface area (TPSA) is 36.1 Å². The molecule has 0 aliphatic heterocycles. The molecule has 0 fully saturated rings. The molecule has 0 saturated carbocycles. The maximum atomic E-state index is 8.79. The Morgan fingerprint density at radius 3 is 2.69 bits per heavy atom. The Hall–Kier alpha value is -0.270. The van der Waals surface area contributed by atoms with Crippen molar-refractivity contribution in [1.82, 2.24) is 0 Å². The van der Waals surface area contributed by atoms with Crippen molar-refractivity contribution in [2.75, 3.05) is 12.8 Å². The lowest BCUT2D eigenvalue weighted by atomic mass is 10.3. The third-order valence-electron chi connectivity index (χ3n) is 1.24. The van der Waals surface area contributed by atoms with Crippen molar-refractivity contribution in [3.63, 3.8) is 0 Å². The van der Waals surface area contributed by atoms with Crippen LogP contribution in [0.1, 0.15) is 13.8 Å². The maximum absolute atomic E-state index is 8.79. The SMILES string of the molecule is CCS/C(=C/C(C)Br)C(C#N)=NC. The number of aliphatic imine (C=N–C) groups is 1. The van der Waals surface area contributed by atoms with Crippen LogP contribution in [0.15, 0.2) is 16.0 Å². The number of hydrogen-bond donors (Lipinski definition) is 0. The van der Waals surface area contributed by atoms with E-state index in [1.54, 1.807) is 18.8 Å². The maximum Gasteiger partial charge on any atom is 0.148 e. The highest BCUT2D eigenvalue weighted by Crippen LogP contribution is 2.19. The average Bonchev–Trinajstić information content (AvgIpc) is 2.05. The van der Waals surface area contributed by atoms with Crippen molar-refractivity contribution in [1.29, 1.82) is 5.26 Å². The molecule has 0 heterocycles. The summed E-state index contributed by atoms with van der Waals surface area (Å²) >= 11 is 5.06. The molecule has 0 saturated heterocycles. The van der Waals surface area contributed by atoms with E-state index in [2.05, 4.69) is 33.9 Å². The van der Waals surface area contributed by atoms with E-state index in [0.29, 0.717) is 5.71 Å². The van der Waals surface area contributed by atoms with Crippen LogP contribution in [0.25, 0.3) is 0 Å². The van der Waals surface area contributed by atoms with Gasteiger partial charge in [0.25, 0.3) is 0 Å². The summed E-state index contributed by atoms with van der Waals surface area (Å²) in [6.07, 6.45) is 2.00. The molecule has 72 valence electrons. The van der Waals surface area contributed by atoms with Crippen LogP contribution in [-0.4, -0.2) is 23.3 Å². The quantitative estimate of drug-likeness (QED) is 0.576. The van der Waals surface area contributed by atoms with Gasteiger partial charge < -0.3 is 0 Å². The standard InChI is InChI=1S/C9H13BrN2S/c1-4-13-9(5-7(2)10)8(6-11)12-3/h5,7H,4H2,1-3H3/b9-5+,12-8?. The minimum absolute atomic E-state index is 0.270. The number of alkyl halides is 1. The van der Waals surface area contributed by atoms with Gasteiger partial charge >= 0.3 is 0 Å². The molecule has 4 heteroatoms. The van der Waals surface area contributed by atoms with Crippen molar-refractivity contribution in [3.05, 3.63) is 11.0 Å². The third-order valence-corrected chi connectivity index (χ3v) is 2.44. The monoisotopic (exact) mass is 260 g/mol. The number of allylic oxidation sites excluding steroid dienone is 2. The summed E-state index contributed by atoms with van der Waals surface area (Å²) in [7, 11) is 1.64. The summed E-state index contributed by atoms with van der Waals surface area (Å²) in [6.45, 7) is 4.07. The minimum Gasteiger partial charge on any atom is -0.277 e. The van der Waals surface area contributed by atoms with E-state index in [9.17, 15) is 0 Å². The molecule has 0 spiro atoms. The molecule has 0 bridgehead atoms. The molecule has 0 radical (unpaired) electrons. The van der Waals surface area contributed by atoms with Crippen molar-refractivity contribution in [2.45, 2.75) is 18.7 Å². The number of rotatable bonds is 4. The molecule has 1 unspecified atom stereocenters. The number of hydrogen-bond acceptors (Lipinski definition) is 3. The van der Waals surface area contributed by atoms with E-state index >= 15 is 0 Å². The van der Waals surface area contributed by atoms with Crippen molar-refractivity contribution < 1.29 is 0 Å². The van der Waals surface area contributed by atoms with Crippen LogP contribution in [-0.2, 0) is 0 Å². The summed E-state index contributed by atoms with van der Waals surface area (Å²) in [5, 5.41) is 8.79. The molecule has 0 rings (SSSR count). The normalized spacial score (nSPS) is 15.3. The first-order chi connectivity index (χ1) is 6.15. The molecule has 0 amide bonds. The first kappa shape index (κ1) is 12.7. The fourth-order valence-corrected chi connectivity index (χ4v) is 2.10. The highest BCUT2D eigenvalue weighted by molar-refractivity contribution is 9.09. The van der Waals surface area contributed by atoms with E-state index in [1.807, 2.05) is 13.0 Å². The molecule has 13 heavy (non-hydrogen) atoms. The van der Waals surface area contributed by atoms with Gasteiger partial charge in [-0.1, -0.05) is 28.9 Å². The lowest BCUT2D eigenvalue weighted by Gasteiger charge is -2.03. The summed E-state index contributed by atoms with van der Waals surface area (Å²) in [5.41, 5.74) is 0.512. The molecule has 2 nitrogen and oxygen atoms in total. The van der Waals surface area contributed by atoms with Gasteiger partial charge in [0.1, 0.15) is 11.8 Å². The molecule has 0 aromatic heterocycles. The lowest BCUT2D eigenvalue weighted by molar-refractivity contribution is 1.27. The smallest absolute Gasteiger partial charge is 0.148 e. The molecular formula is C9H13BrN2S. The predicted octanol–water partition coefficient (Wildman–Crippen LogP) is 3.00. The van der Waals surface area contributed by atoms with Crippen LogP contribution >= 0.6 is 27.7 Å². The van der Waals surface area contributed by atoms with Gasteiger partial charge in [-0.05, 0) is 12.7 Å². The fraction of sp³-hybridized carbons (Fsp3) is 0.556. The van der Waals surface area contributed by atoms with Crippen molar-refractivity contribution in [3.8, 4) is 6.07 Å². The molecule has 0 aliphatic carbocycles. The van der Waals surface area contributed by atoms with Gasteiger partial charge in [0.05, 0.1) is 0 Å². The van der Waals surface area contributed by atoms with E-state index in [4.69, 9.17) is 5.26 Å². The Morgan fingerprint density at radius 1 is 1.77 bits per heavy atom. The van der Waals surface area contributed by atoms with Gasteiger partial charge in [-0.3, -0.25) is 4.99 Å². The number of nitriles is 1. The number of halogens is 1. The summed E-state index contributed by atoms with van der Waals surface area (Å²) in [5.74, 6) is 0.951. The van der Waals surface area contributed by atoms with E-state index in [-0.39, 0.29) is 4.83 Å². The van der Waals surface area contributed by atoms with Crippen LogP contribution in [0.3, 0.4) is 0 Å². The van der Waals surface area contributed by atoms with Crippen LogP contribution in [0.2, 0.25) is 0 Å². The van der Waals surface area contributed by atoms with Gasteiger partial charge in [0, 0.05) is 16.8 Å². The van der Waals surface area contributed by atoms with Crippen LogP contribution < -0.4 is 0 Å². The van der Waals surface area contributed by atoms with E-state index in [0.717, 1.165) is 10.7 Å². The van der Waals surface area contributed by atoms with E-state index < -0.39 is 0 Å². The van der Waals surface area contributed by atoms with Gasteiger partial charge in [-0.15, -0.1) is 11.8 Å². The fourth-order valence-electron chi connectivity index (χ4n) is 0.775. The zero-order valence-corrected chi connectivity index (χ0v) is 10.4. The zero-order chi connectivity index (χ0) is 10.3. The third kappa shape index (κ3) is 5.12. The first-order valence-electron chi connectivity index (χ1n) is 4.01. The van der Waals surface area contributed by atoms with Crippen molar-refractivity contribution in [2.24, 2.45) is 4.99 Å². The number of thioether (sulfide) groups is 1. The average molecular weight is 261 g/mol. The second kappa shape index (κ2) is 7.16. The van der Waals surface area contributed by atoms with Gasteiger partial charge in [0.2, 0.25) is 0 Å². The highest BCUT2D eigenvalue weighted by Gasteiger charge is 2.06. The highest BCUT2D eigenvalue weighted by atomic mass is 79.9. The van der Waals surface area contributed by atoms with E-state index in [1.165, 1.54) is 0 Å². The lowest BCUT2D eigenvalue weighted by Crippen LogP contribution is -1.99. The second-order valence-electron chi connectivity index (χ2n) is 2.33. The van der Waals surface area contributed by atoms with Crippen molar-refractivity contribution >= 4 is 33.4 Å².